The van der Waals surface area contributed by atoms with Gasteiger partial charge in [-0.15, -0.1) is 0 Å². The Hall–Kier alpha value is -2.04. The molecule has 0 unspecified atom stereocenters. The number of furan rings is 1. The van der Waals surface area contributed by atoms with Gasteiger partial charge in [0.1, 0.15) is 11.1 Å². The number of hydrogen-bond donors (Lipinski definition) is 0. The standard InChI is InChI=1S/C10H9NO4/c1-11(2)5-7-8-6(3-4-14-8)9(12)15-10(7)13/h3-5H,1-2H3/b7-5+. The highest BCUT2D eigenvalue weighted by Crippen LogP contribution is 2.27. The van der Waals surface area contributed by atoms with Gasteiger partial charge in [-0.25, -0.2) is 9.59 Å². The molecule has 5 nitrogen and oxygen atoms in total. The third kappa shape index (κ3) is 1.52. The molecule has 0 spiro atoms. The number of esters is 2. The molecule has 1 aromatic rings. The number of rotatable bonds is 1. The van der Waals surface area contributed by atoms with Gasteiger partial charge in [0.15, 0.2) is 5.76 Å². The lowest BCUT2D eigenvalue weighted by atomic mass is 10.1. The lowest BCUT2D eigenvalue weighted by Gasteiger charge is -2.14. The van der Waals surface area contributed by atoms with Crippen molar-refractivity contribution in [3.63, 3.8) is 0 Å². The molecule has 0 atom stereocenters. The van der Waals surface area contributed by atoms with E-state index in [-0.39, 0.29) is 16.9 Å². The first-order chi connectivity index (χ1) is 7.09. The van der Waals surface area contributed by atoms with E-state index in [1.165, 1.54) is 12.3 Å². The Balaban J connectivity index is 2.55. The Morgan fingerprint density at radius 1 is 1.27 bits per heavy atom. The van der Waals surface area contributed by atoms with Crippen molar-refractivity contribution in [3.05, 3.63) is 29.9 Å². The molecule has 2 rings (SSSR count). The summed E-state index contributed by atoms with van der Waals surface area (Å²) >= 11 is 0. The van der Waals surface area contributed by atoms with E-state index >= 15 is 0 Å². The molecule has 1 aromatic heterocycles. The van der Waals surface area contributed by atoms with Gasteiger partial charge in [-0.2, -0.15) is 0 Å². The summed E-state index contributed by atoms with van der Waals surface area (Å²) in [5, 5.41) is 0. The van der Waals surface area contributed by atoms with E-state index in [0.29, 0.717) is 0 Å². The molecule has 5 heteroatoms. The van der Waals surface area contributed by atoms with Crippen LogP contribution in [0.25, 0.3) is 5.57 Å². The largest absolute Gasteiger partial charge is 0.463 e. The molecular weight excluding hydrogens is 198 g/mol. The van der Waals surface area contributed by atoms with E-state index in [2.05, 4.69) is 4.74 Å². The molecule has 0 amide bonds. The zero-order valence-electron chi connectivity index (χ0n) is 8.31. The Morgan fingerprint density at radius 2 is 2.00 bits per heavy atom. The maximum atomic E-state index is 11.4. The average Bonchev–Trinajstić information content (AvgIpc) is 2.60. The Morgan fingerprint density at radius 3 is 2.67 bits per heavy atom. The minimum absolute atomic E-state index is 0.250. The fourth-order valence-electron chi connectivity index (χ4n) is 1.33. The van der Waals surface area contributed by atoms with Crippen molar-refractivity contribution in [1.82, 2.24) is 4.90 Å². The number of carbonyl (C=O) groups excluding carboxylic acids is 2. The van der Waals surface area contributed by atoms with Crippen LogP contribution in [0.1, 0.15) is 16.1 Å². The van der Waals surface area contributed by atoms with Crippen LogP contribution in [0.15, 0.2) is 22.9 Å². The number of carbonyl (C=O) groups is 2. The predicted molar refractivity (Wildman–Crippen MR) is 50.8 cm³/mol. The zero-order chi connectivity index (χ0) is 11.0. The van der Waals surface area contributed by atoms with Crippen LogP contribution in [-0.2, 0) is 9.53 Å². The van der Waals surface area contributed by atoms with Crippen LogP contribution in [0.2, 0.25) is 0 Å². The highest BCUT2D eigenvalue weighted by atomic mass is 16.6. The lowest BCUT2D eigenvalue weighted by Crippen LogP contribution is -2.22. The minimum atomic E-state index is -0.684. The Bertz CT molecular complexity index is 456. The number of ether oxygens (including phenoxy) is 1. The first-order valence-electron chi connectivity index (χ1n) is 4.32. The van der Waals surface area contributed by atoms with Crippen molar-refractivity contribution < 1.29 is 18.7 Å². The predicted octanol–water partition coefficient (Wildman–Crippen LogP) is 0.879. The van der Waals surface area contributed by atoms with Crippen molar-refractivity contribution in [2.24, 2.45) is 0 Å². The number of hydrogen-bond acceptors (Lipinski definition) is 5. The highest BCUT2D eigenvalue weighted by molar-refractivity contribution is 6.24. The molecule has 2 heterocycles. The summed E-state index contributed by atoms with van der Waals surface area (Å²) in [6, 6.07) is 1.48. The quantitative estimate of drug-likeness (QED) is 0.388. The van der Waals surface area contributed by atoms with Gasteiger partial charge >= 0.3 is 11.9 Å². The molecule has 0 bridgehead atoms. The molecule has 0 aromatic carbocycles. The second kappa shape index (κ2) is 3.27. The van der Waals surface area contributed by atoms with E-state index in [0.717, 1.165) is 0 Å². The van der Waals surface area contributed by atoms with Gasteiger partial charge in [-0.1, -0.05) is 0 Å². The van der Waals surface area contributed by atoms with Gasteiger partial charge in [0.25, 0.3) is 0 Å². The molecule has 1 aliphatic heterocycles. The minimum Gasteiger partial charge on any atom is -0.463 e. The van der Waals surface area contributed by atoms with Gasteiger partial charge in [0.05, 0.1) is 6.26 Å². The molecule has 0 fully saturated rings. The van der Waals surface area contributed by atoms with Gasteiger partial charge in [0.2, 0.25) is 0 Å². The summed E-state index contributed by atoms with van der Waals surface area (Å²) in [5.74, 6) is -1.08. The highest BCUT2D eigenvalue weighted by Gasteiger charge is 2.32. The second-order valence-electron chi connectivity index (χ2n) is 3.35. The van der Waals surface area contributed by atoms with E-state index in [9.17, 15) is 9.59 Å². The zero-order valence-corrected chi connectivity index (χ0v) is 8.31. The average molecular weight is 207 g/mol. The third-order valence-corrected chi connectivity index (χ3v) is 1.92. The first-order valence-corrected chi connectivity index (χ1v) is 4.32. The fraction of sp³-hybridized carbons (Fsp3) is 0.200. The fourth-order valence-corrected chi connectivity index (χ4v) is 1.33. The molecular formula is C10H9NO4. The second-order valence-corrected chi connectivity index (χ2v) is 3.35. The van der Waals surface area contributed by atoms with Crippen LogP contribution in [0.4, 0.5) is 0 Å². The number of cyclic esters (lactones) is 2. The van der Waals surface area contributed by atoms with Crippen LogP contribution in [0, 0.1) is 0 Å². The lowest BCUT2D eigenvalue weighted by molar-refractivity contribution is -0.131. The van der Waals surface area contributed by atoms with Crippen LogP contribution in [-0.4, -0.2) is 30.9 Å². The molecule has 0 saturated carbocycles. The van der Waals surface area contributed by atoms with Crippen molar-refractivity contribution in [2.45, 2.75) is 0 Å². The maximum absolute atomic E-state index is 11.4. The van der Waals surface area contributed by atoms with E-state index in [1.54, 1.807) is 25.2 Å². The summed E-state index contributed by atoms with van der Waals surface area (Å²) in [6.07, 6.45) is 2.91. The van der Waals surface area contributed by atoms with Gasteiger partial charge in [0, 0.05) is 20.3 Å². The van der Waals surface area contributed by atoms with Crippen molar-refractivity contribution in [3.8, 4) is 0 Å². The third-order valence-electron chi connectivity index (χ3n) is 1.92. The summed E-state index contributed by atoms with van der Waals surface area (Å²) in [5.41, 5.74) is 0.530. The van der Waals surface area contributed by atoms with E-state index in [1.807, 2.05) is 0 Å². The molecule has 0 aliphatic carbocycles. The summed E-state index contributed by atoms with van der Waals surface area (Å²) in [4.78, 5) is 24.3. The number of fused-ring (bicyclic) bond motifs is 1. The maximum Gasteiger partial charge on any atom is 0.351 e. The Kier molecular flexibility index (Phi) is 2.07. The molecule has 0 radical (unpaired) electrons. The van der Waals surface area contributed by atoms with Crippen molar-refractivity contribution >= 4 is 17.5 Å². The molecule has 78 valence electrons. The van der Waals surface area contributed by atoms with Gasteiger partial charge in [-0.3, -0.25) is 0 Å². The number of nitrogens with zero attached hydrogens (tertiary/aromatic N) is 1. The van der Waals surface area contributed by atoms with Gasteiger partial charge < -0.3 is 14.1 Å². The normalized spacial score (nSPS) is 17.6. The summed E-state index contributed by atoms with van der Waals surface area (Å²) in [6.45, 7) is 0. The molecule has 0 N–H and O–H groups in total. The van der Waals surface area contributed by atoms with Crippen LogP contribution in [0.3, 0.4) is 0 Å². The van der Waals surface area contributed by atoms with Crippen LogP contribution >= 0.6 is 0 Å². The van der Waals surface area contributed by atoms with Crippen LogP contribution < -0.4 is 0 Å². The van der Waals surface area contributed by atoms with E-state index in [4.69, 9.17) is 4.42 Å². The summed E-state index contributed by atoms with van der Waals surface area (Å²) in [7, 11) is 3.53. The monoisotopic (exact) mass is 207 g/mol. The molecule has 0 saturated heterocycles. The topological polar surface area (TPSA) is 59.8 Å². The van der Waals surface area contributed by atoms with Crippen molar-refractivity contribution in [2.75, 3.05) is 14.1 Å². The van der Waals surface area contributed by atoms with Crippen LogP contribution in [0.5, 0.6) is 0 Å². The van der Waals surface area contributed by atoms with Gasteiger partial charge in [-0.05, 0) is 6.07 Å². The molecule has 1 aliphatic rings. The summed E-state index contributed by atoms with van der Waals surface area (Å²) < 4.78 is 9.65. The Labute approximate surface area is 85.9 Å². The SMILES string of the molecule is CN(C)/C=C1/C(=O)OC(=O)c2ccoc21. The van der Waals surface area contributed by atoms with E-state index < -0.39 is 11.9 Å². The molecule has 15 heavy (non-hydrogen) atoms. The van der Waals surface area contributed by atoms with Crippen molar-refractivity contribution in [1.29, 1.82) is 0 Å². The first kappa shape index (κ1) is 9.51. The smallest absolute Gasteiger partial charge is 0.351 e.